The summed E-state index contributed by atoms with van der Waals surface area (Å²) in [4.78, 5) is 42.3. The van der Waals surface area contributed by atoms with Crippen LogP contribution in [-0.2, 0) is 23.9 Å². The van der Waals surface area contributed by atoms with Gasteiger partial charge in [-0.25, -0.2) is 0 Å². The lowest BCUT2D eigenvalue weighted by Gasteiger charge is -2.55. The molecule has 3 heterocycles. The van der Waals surface area contributed by atoms with Gasteiger partial charge in [-0.15, -0.1) is 0 Å². The summed E-state index contributed by atoms with van der Waals surface area (Å²) in [6.45, 7) is 34.8. The van der Waals surface area contributed by atoms with E-state index in [9.17, 15) is 19.6 Å². The van der Waals surface area contributed by atoms with Crippen LogP contribution in [0.15, 0.2) is 25.6 Å². The number of ether oxygens (including phenoxy) is 2. The smallest absolute Gasteiger partial charge is 0.313 e. The van der Waals surface area contributed by atoms with Gasteiger partial charge in [-0.05, 0) is 115 Å². The molecule has 0 bridgehead atoms. The van der Waals surface area contributed by atoms with E-state index < -0.39 is 17.0 Å². The van der Waals surface area contributed by atoms with Crippen molar-refractivity contribution in [3.05, 3.63) is 30.8 Å². The molecule has 0 amide bonds. The van der Waals surface area contributed by atoms with Crippen LogP contribution >= 0.6 is 0 Å². The third kappa shape index (κ3) is 13.9. The van der Waals surface area contributed by atoms with Crippen molar-refractivity contribution in [3.8, 4) is 0 Å². The normalized spacial score (nSPS) is 23.8. The van der Waals surface area contributed by atoms with Gasteiger partial charge < -0.3 is 29.5 Å². The molecule has 3 fully saturated rings. The van der Waals surface area contributed by atoms with Gasteiger partial charge in [0.2, 0.25) is 0 Å². The molecule has 1 atom stereocenters. The van der Waals surface area contributed by atoms with Crippen LogP contribution in [0, 0.1) is 11.1 Å². The molecule has 0 aromatic carbocycles. The standard InChI is InChI=1S/C25H42N2O3.C22H42NO3/c1-11-26-22(3,4)14-18(15-23(26,5)6)20(28)13-21(29)30-19-16-24(7,8)27(12-2)25(9,10)17-19;1-6-7-8-9-10-11-12-13-14-15-16-17-20(24)26-19-18-21(2,3)23(25)22(19,4)5/h11-12,18-19H,1-2,13-17H2,3-10H3;19H,6-18H2,1-5H3/q;-1. The molecule has 0 N–H and O–H groups in total. The highest BCUT2D eigenvalue weighted by molar-refractivity contribution is 5.97. The quantitative estimate of drug-likeness (QED) is 0.0719. The van der Waals surface area contributed by atoms with Gasteiger partial charge in [-0.3, -0.25) is 14.4 Å². The van der Waals surface area contributed by atoms with Gasteiger partial charge in [0.1, 0.15) is 24.4 Å². The van der Waals surface area contributed by atoms with Crippen LogP contribution in [0.1, 0.15) is 206 Å². The number of carbonyl (C=O) groups excluding carboxylic acids is 3. The summed E-state index contributed by atoms with van der Waals surface area (Å²) in [5, 5.41) is 13.4. The fourth-order valence-electron chi connectivity index (χ4n) is 10.3. The number of carbonyl (C=O) groups is 3. The molecule has 0 aromatic rings. The SMILES string of the molecule is C=CN1C(C)(C)CC(OC(=O)CC(=O)C2CC(C)(C)N(C=C)C(C)(C)C2)CC1(C)C.CCCCCCCCCCCCCC(=O)OC1CC(C)(C)N([O-])C1(C)C. The number of rotatable bonds is 19. The van der Waals surface area contributed by atoms with E-state index in [2.05, 4.69) is 85.3 Å². The minimum absolute atomic E-state index is 0.00749. The number of esters is 2. The number of unbranched alkanes of at least 4 members (excludes halogenated alkanes) is 10. The molecule has 0 radical (unpaired) electrons. The summed E-state index contributed by atoms with van der Waals surface area (Å²) in [7, 11) is 0. The summed E-state index contributed by atoms with van der Waals surface area (Å²) >= 11 is 0. The average Bonchev–Trinajstić information content (AvgIpc) is 3.19. The lowest BCUT2D eigenvalue weighted by molar-refractivity contribution is -0.160. The fraction of sp³-hybridized carbons (Fsp3) is 0.851. The number of hydrogen-bond acceptors (Lipinski definition) is 9. The van der Waals surface area contributed by atoms with E-state index in [1.165, 1.54) is 57.8 Å². The first-order valence-corrected chi connectivity index (χ1v) is 22.0. The zero-order valence-corrected chi connectivity index (χ0v) is 38.3. The Kier molecular flexibility index (Phi) is 18.2. The summed E-state index contributed by atoms with van der Waals surface area (Å²) < 4.78 is 11.5. The molecule has 0 aromatic heterocycles. The Morgan fingerprint density at radius 3 is 1.39 bits per heavy atom. The van der Waals surface area contributed by atoms with Gasteiger partial charge in [-0.2, -0.15) is 0 Å². The summed E-state index contributed by atoms with van der Waals surface area (Å²) in [6, 6.07) is 0. The monoisotopic (exact) mass is 787 g/mol. The van der Waals surface area contributed by atoms with Crippen molar-refractivity contribution in [2.75, 3.05) is 0 Å². The molecule has 1 unspecified atom stereocenters. The van der Waals surface area contributed by atoms with Crippen LogP contribution < -0.4 is 0 Å². The second-order valence-electron chi connectivity index (χ2n) is 20.9. The lowest BCUT2D eigenvalue weighted by Crippen LogP contribution is -2.60. The Balaban J connectivity index is 0.000000391. The minimum atomic E-state index is -0.643. The highest BCUT2D eigenvalue weighted by atomic mass is 16.6. The Hall–Kier alpha value is -2.39. The van der Waals surface area contributed by atoms with E-state index in [0.717, 1.165) is 30.7 Å². The predicted octanol–water partition coefficient (Wildman–Crippen LogP) is 11.4. The molecular weight excluding hydrogens is 703 g/mol. The van der Waals surface area contributed by atoms with E-state index >= 15 is 0 Å². The van der Waals surface area contributed by atoms with Crippen molar-refractivity contribution in [2.45, 2.75) is 251 Å². The first kappa shape index (κ1) is 49.8. The summed E-state index contributed by atoms with van der Waals surface area (Å²) in [5.74, 6) is -0.698. The molecular formula is C47H84N3O6-. The largest absolute Gasteiger partial charge is 0.784 e. The maximum atomic E-state index is 13.0. The molecule has 0 aliphatic carbocycles. The molecule has 324 valence electrons. The van der Waals surface area contributed by atoms with E-state index in [-0.39, 0.29) is 58.5 Å². The molecule has 0 saturated carbocycles. The highest BCUT2D eigenvalue weighted by Gasteiger charge is 2.49. The molecule has 3 aliphatic heterocycles. The molecule has 0 spiro atoms. The molecule has 3 aliphatic rings. The first-order chi connectivity index (χ1) is 25.8. The van der Waals surface area contributed by atoms with Crippen molar-refractivity contribution < 1.29 is 23.9 Å². The van der Waals surface area contributed by atoms with Crippen LogP contribution in [0.5, 0.6) is 0 Å². The Labute approximate surface area is 343 Å². The zero-order chi connectivity index (χ0) is 42.8. The van der Waals surface area contributed by atoms with E-state index in [1.807, 2.05) is 40.1 Å². The maximum Gasteiger partial charge on any atom is 0.313 e. The Bertz CT molecular complexity index is 1260. The fourth-order valence-corrected chi connectivity index (χ4v) is 10.3. The Morgan fingerprint density at radius 1 is 0.589 bits per heavy atom. The van der Waals surface area contributed by atoms with Gasteiger partial charge in [0.05, 0.1) is 0 Å². The third-order valence-corrected chi connectivity index (χ3v) is 12.8. The maximum absolute atomic E-state index is 13.0. The molecule has 3 saturated heterocycles. The summed E-state index contributed by atoms with van der Waals surface area (Å²) in [6.07, 6.45) is 21.0. The first-order valence-electron chi connectivity index (χ1n) is 22.0. The average molecular weight is 787 g/mol. The zero-order valence-electron chi connectivity index (χ0n) is 38.3. The molecule has 3 rings (SSSR count). The third-order valence-electron chi connectivity index (χ3n) is 12.8. The van der Waals surface area contributed by atoms with Crippen molar-refractivity contribution >= 4 is 17.7 Å². The van der Waals surface area contributed by atoms with Crippen LogP contribution in [-0.4, -0.2) is 78.0 Å². The van der Waals surface area contributed by atoms with Gasteiger partial charge in [0.15, 0.2) is 0 Å². The van der Waals surface area contributed by atoms with Crippen LogP contribution in [0.3, 0.4) is 0 Å². The van der Waals surface area contributed by atoms with Crippen molar-refractivity contribution in [3.63, 3.8) is 0 Å². The van der Waals surface area contributed by atoms with Crippen molar-refractivity contribution in [2.24, 2.45) is 5.92 Å². The number of hydroxylamine groups is 2. The molecule has 9 heteroatoms. The van der Waals surface area contributed by atoms with Gasteiger partial charge in [0.25, 0.3) is 0 Å². The molecule has 56 heavy (non-hydrogen) atoms. The number of likely N-dealkylation sites (tertiary alicyclic amines) is 2. The topological polar surface area (TPSA) is 102 Å². The van der Waals surface area contributed by atoms with Gasteiger partial charge in [0, 0.05) is 64.8 Å². The van der Waals surface area contributed by atoms with E-state index in [4.69, 9.17) is 9.47 Å². The summed E-state index contributed by atoms with van der Waals surface area (Å²) in [5.41, 5.74) is -1.80. The van der Waals surface area contributed by atoms with Crippen LogP contribution in [0.25, 0.3) is 0 Å². The van der Waals surface area contributed by atoms with Crippen molar-refractivity contribution in [1.29, 1.82) is 0 Å². The minimum Gasteiger partial charge on any atom is -0.784 e. The number of ketones is 1. The van der Waals surface area contributed by atoms with Gasteiger partial charge in [-0.1, -0.05) is 84.3 Å². The predicted molar refractivity (Wildman–Crippen MR) is 231 cm³/mol. The Morgan fingerprint density at radius 2 is 1.00 bits per heavy atom. The van der Waals surface area contributed by atoms with E-state index in [0.29, 0.717) is 25.7 Å². The number of nitrogens with zero attached hydrogens (tertiary/aromatic N) is 3. The second-order valence-corrected chi connectivity index (χ2v) is 20.9. The number of piperidine rings is 2. The number of Topliss-reactive ketones (excluding diaryl/α,β-unsaturated/α-hetero) is 1. The highest BCUT2D eigenvalue weighted by Crippen LogP contribution is 2.44. The van der Waals surface area contributed by atoms with Crippen LogP contribution in [0.4, 0.5) is 0 Å². The van der Waals surface area contributed by atoms with Crippen LogP contribution in [0.2, 0.25) is 0 Å². The number of hydrogen-bond donors (Lipinski definition) is 0. The molecule has 9 nitrogen and oxygen atoms in total. The second kappa shape index (κ2) is 20.5. The lowest BCUT2D eigenvalue weighted by atomic mass is 9.72. The van der Waals surface area contributed by atoms with Gasteiger partial charge >= 0.3 is 11.9 Å². The van der Waals surface area contributed by atoms with E-state index in [1.54, 1.807) is 0 Å². The van der Waals surface area contributed by atoms with Crippen molar-refractivity contribution in [1.82, 2.24) is 14.9 Å².